The number of hydrogen-bond donors (Lipinski definition) is 1. The van der Waals surface area contributed by atoms with Gasteiger partial charge in [0.25, 0.3) is 5.91 Å². The van der Waals surface area contributed by atoms with Crippen molar-refractivity contribution in [3.8, 4) is 11.5 Å². The average molecular weight is 355 g/mol. The molecule has 0 saturated carbocycles. The molecule has 1 N–H and O–H groups in total. The maximum absolute atomic E-state index is 12.5. The number of nitrogens with one attached hydrogen (secondary N) is 1. The minimum absolute atomic E-state index is 0.165. The van der Waals surface area contributed by atoms with Gasteiger partial charge >= 0.3 is 5.97 Å². The van der Waals surface area contributed by atoms with Crippen LogP contribution in [0.25, 0.3) is 0 Å². The van der Waals surface area contributed by atoms with Gasteiger partial charge in [0.1, 0.15) is 0 Å². The summed E-state index contributed by atoms with van der Waals surface area (Å²) in [5.74, 6) is 0.00264. The van der Waals surface area contributed by atoms with Crippen molar-refractivity contribution in [3.05, 3.63) is 54.1 Å². The van der Waals surface area contributed by atoms with Crippen molar-refractivity contribution in [1.29, 1.82) is 0 Å². The quantitative estimate of drug-likeness (QED) is 0.803. The molecule has 0 fully saturated rings. The van der Waals surface area contributed by atoms with Gasteiger partial charge < -0.3 is 19.5 Å². The number of carbonyl (C=O) groups excluding carboxylic acids is 2. The number of hydrogen-bond acceptors (Lipinski definition) is 5. The summed E-state index contributed by atoms with van der Waals surface area (Å²) >= 11 is 0. The molecule has 1 aliphatic heterocycles. The van der Waals surface area contributed by atoms with Gasteiger partial charge in [-0.1, -0.05) is 37.3 Å². The van der Waals surface area contributed by atoms with Gasteiger partial charge in [0, 0.05) is 11.8 Å². The van der Waals surface area contributed by atoms with Crippen molar-refractivity contribution in [1.82, 2.24) is 0 Å². The number of esters is 1. The van der Waals surface area contributed by atoms with Gasteiger partial charge in [-0.15, -0.1) is 0 Å². The van der Waals surface area contributed by atoms with Crippen LogP contribution in [-0.4, -0.2) is 24.8 Å². The number of fused-ring (bicyclic) bond motifs is 1. The van der Waals surface area contributed by atoms with E-state index in [1.165, 1.54) is 0 Å². The molecule has 6 nitrogen and oxygen atoms in total. The SMILES string of the molecule is CC[C@@H](C(=O)O[C@@H](C)C(=O)Nc1ccc2c(c1)OCO2)c1ccccc1. The van der Waals surface area contributed by atoms with Crippen LogP contribution in [0, 0.1) is 0 Å². The Morgan fingerprint density at radius 3 is 2.58 bits per heavy atom. The number of ether oxygens (including phenoxy) is 3. The molecule has 1 aliphatic rings. The van der Waals surface area contributed by atoms with Crippen LogP contribution in [0.1, 0.15) is 31.7 Å². The molecule has 0 saturated heterocycles. The summed E-state index contributed by atoms with van der Waals surface area (Å²) in [6.45, 7) is 3.63. The zero-order chi connectivity index (χ0) is 18.5. The van der Waals surface area contributed by atoms with Gasteiger partial charge in [0.15, 0.2) is 17.6 Å². The molecule has 0 aliphatic carbocycles. The number of amides is 1. The molecule has 2 atom stereocenters. The van der Waals surface area contributed by atoms with Crippen molar-refractivity contribution in [2.24, 2.45) is 0 Å². The molecule has 1 amide bonds. The molecule has 2 aromatic rings. The minimum atomic E-state index is -0.911. The van der Waals surface area contributed by atoms with E-state index in [9.17, 15) is 9.59 Å². The maximum Gasteiger partial charge on any atom is 0.314 e. The topological polar surface area (TPSA) is 73.9 Å². The zero-order valence-electron chi connectivity index (χ0n) is 14.7. The second-order valence-electron chi connectivity index (χ2n) is 6.01. The molecule has 0 bridgehead atoms. The minimum Gasteiger partial charge on any atom is -0.454 e. The molecular formula is C20H21NO5. The van der Waals surface area contributed by atoms with Crippen LogP contribution in [0.2, 0.25) is 0 Å². The molecular weight excluding hydrogens is 334 g/mol. The third kappa shape index (κ3) is 3.96. The fourth-order valence-electron chi connectivity index (χ4n) is 2.75. The van der Waals surface area contributed by atoms with Gasteiger partial charge in [-0.25, -0.2) is 0 Å². The standard InChI is InChI=1S/C20H21NO5/c1-3-16(14-7-5-4-6-8-14)20(23)26-13(2)19(22)21-15-9-10-17-18(11-15)25-12-24-17/h4-11,13,16H,3,12H2,1-2H3,(H,21,22)/t13-,16+/m0/s1. The van der Waals surface area contributed by atoms with Crippen LogP contribution >= 0.6 is 0 Å². The van der Waals surface area contributed by atoms with Gasteiger partial charge in [-0.3, -0.25) is 9.59 Å². The maximum atomic E-state index is 12.5. The smallest absolute Gasteiger partial charge is 0.314 e. The Balaban J connectivity index is 1.60. The largest absolute Gasteiger partial charge is 0.454 e. The zero-order valence-corrected chi connectivity index (χ0v) is 14.7. The molecule has 0 spiro atoms. The molecule has 1 heterocycles. The Morgan fingerprint density at radius 2 is 1.85 bits per heavy atom. The lowest BCUT2D eigenvalue weighted by Crippen LogP contribution is -2.31. The fourth-order valence-corrected chi connectivity index (χ4v) is 2.75. The van der Waals surface area contributed by atoms with E-state index in [1.54, 1.807) is 25.1 Å². The van der Waals surface area contributed by atoms with E-state index >= 15 is 0 Å². The fraction of sp³-hybridized carbons (Fsp3) is 0.300. The van der Waals surface area contributed by atoms with E-state index in [1.807, 2.05) is 37.3 Å². The summed E-state index contributed by atoms with van der Waals surface area (Å²) < 4.78 is 15.9. The number of rotatable bonds is 6. The van der Waals surface area contributed by atoms with Gasteiger partial charge in [-0.2, -0.15) is 0 Å². The third-order valence-electron chi connectivity index (χ3n) is 4.20. The van der Waals surface area contributed by atoms with E-state index in [0.717, 1.165) is 5.56 Å². The Kier molecular flexibility index (Phi) is 5.41. The van der Waals surface area contributed by atoms with E-state index in [-0.39, 0.29) is 6.79 Å². The first-order valence-corrected chi connectivity index (χ1v) is 8.54. The van der Waals surface area contributed by atoms with Crippen LogP contribution in [0.15, 0.2) is 48.5 Å². The molecule has 2 aromatic carbocycles. The van der Waals surface area contributed by atoms with E-state index in [2.05, 4.69) is 5.32 Å². The second-order valence-corrected chi connectivity index (χ2v) is 6.01. The number of benzene rings is 2. The second kappa shape index (κ2) is 7.91. The van der Waals surface area contributed by atoms with E-state index < -0.39 is 23.9 Å². The van der Waals surface area contributed by atoms with Gasteiger partial charge in [0.05, 0.1) is 5.92 Å². The van der Waals surface area contributed by atoms with Crippen molar-refractivity contribution in [2.45, 2.75) is 32.3 Å². The lowest BCUT2D eigenvalue weighted by atomic mass is 9.97. The first kappa shape index (κ1) is 17.8. The van der Waals surface area contributed by atoms with Crippen LogP contribution in [0.3, 0.4) is 0 Å². The lowest BCUT2D eigenvalue weighted by Gasteiger charge is -2.18. The Bertz CT molecular complexity index is 790. The highest BCUT2D eigenvalue weighted by Gasteiger charge is 2.25. The highest BCUT2D eigenvalue weighted by molar-refractivity contribution is 5.95. The van der Waals surface area contributed by atoms with Crippen LogP contribution in [-0.2, 0) is 14.3 Å². The molecule has 3 rings (SSSR count). The molecule has 6 heteroatoms. The summed E-state index contributed by atoms with van der Waals surface area (Å²) in [5.41, 5.74) is 1.43. The molecule has 0 unspecified atom stereocenters. The van der Waals surface area contributed by atoms with E-state index in [0.29, 0.717) is 23.6 Å². The first-order valence-electron chi connectivity index (χ1n) is 8.54. The van der Waals surface area contributed by atoms with Crippen LogP contribution in [0.5, 0.6) is 11.5 Å². The van der Waals surface area contributed by atoms with Crippen molar-refractivity contribution in [3.63, 3.8) is 0 Å². The Morgan fingerprint density at radius 1 is 1.12 bits per heavy atom. The van der Waals surface area contributed by atoms with Crippen LogP contribution < -0.4 is 14.8 Å². The highest BCUT2D eigenvalue weighted by Crippen LogP contribution is 2.34. The predicted molar refractivity (Wildman–Crippen MR) is 96.2 cm³/mol. The highest BCUT2D eigenvalue weighted by atomic mass is 16.7. The third-order valence-corrected chi connectivity index (χ3v) is 4.20. The Labute approximate surface area is 152 Å². The molecule has 26 heavy (non-hydrogen) atoms. The first-order chi connectivity index (χ1) is 12.6. The molecule has 136 valence electrons. The lowest BCUT2D eigenvalue weighted by molar-refractivity contribution is -0.154. The molecule has 0 aromatic heterocycles. The predicted octanol–water partition coefficient (Wildman–Crippen LogP) is 3.48. The summed E-state index contributed by atoms with van der Waals surface area (Å²) in [5, 5.41) is 2.72. The van der Waals surface area contributed by atoms with E-state index in [4.69, 9.17) is 14.2 Å². The summed E-state index contributed by atoms with van der Waals surface area (Å²) in [6, 6.07) is 14.5. The van der Waals surface area contributed by atoms with Gasteiger partial charge in [-0.05, 0) is 31.0 Å². The summed E-state index contributed by atoms with van der Waals surface area (Å²) in [4.78, 5) is 24.8. The van der Waals surface area contributed by atoms with Crippen molar-refractivity contribution in [2.75, 3.05) is 12.1 Å². The van der Waals surface area contributed by atoms with Crippen LogP contribution in [0.4, 0.5) is 5.69 Å². The Hall–Kier alpha value is -3.02. The summed E-state index contributed by atoms with van der Waals surface area (Å²) in [7, 11) is 0. The molecule has 0 radical (unpaired) electrons. The van der Waals surface area contributed by atoms with Gasteiger partial charge in [0.2, 0.25) is 6.79 Å². The monoisotopic (exact) mass is 355 g/mol. The normalized spacial score (nSPS) is 14.4. The number of anilines is 1. The summed E-state index contributed by atoms with van der Waals surface area (Å²) in [6.07, 6.45) is -0.315. The van der Waals surface area contributed by atoms with Crippen molar-refractivity contribution < 1.29 is 23.8 Å². The van der Waals surface area contributed by atoms with Crippen molar-refractivity contribution >= 4 is 17.6 Å². The average Bonchev–Trinajstić information content (AvgIpc) is 3.11. The number of carbonyl (C=O) groups is 2.